The van der Waals surface area contributed by atoms with Gasteiger partial charge in [0.05, 0.1) is 0 Å². The number of rotatable bonds is 7. The Hall–Kier alpha value is -0.860. The van der Waals surface area contributed by atoms with E-state index < -0.39 is 0 Å². The van der Waals surface area contributed by atoms with Crippen LogP contribution in [0.25, 0.3) is 0 Å². The third-order valence-electron chi connectivity index (χ3n) is 3.46. The Morgan fingerprint density at radius 2 is 1.83 bits per heavy atom. The average Bonchev–Trinajstić information content (AvgIpc) is 2.28. The highest BCUT2D eigenvalue weighted by atomic mass is 14.9. The molecule has 0 unspecified atom stereocenters. The van der Waals surface area contributed by atoms with Gasteiger partial charge >= 0.3 is 0 Å². The standard InChI is InChI=1S/C16H28N2/c1-13-7-8-15(14(2)11-13)16(3,4)12-18-10-6-9-17-5/h7-8,11,17-18H,6,9-10,12H2,1-5H3. The van der Waals surface area contributed by atoms with Gasteiger partial charge in [-0.15, -0.1) is 0 Å². The van der Waals surface area contributed by atoms with Gasteiger partial charge in [0.15, 0.2) is 0 Å². The molecule has 0 aliphatic rings. The van der Waals surface area contributed by atoms with E-state index in [9.17, 15) is 0 Å². The van der Waals surface area contributed by atoms with Crippen molar-refractivity contribution < 1.29 is 0 Å². The fourth-order valence-corrected chi connectivity index (χ4v) is 2.46. The summed E-state index contributed by atoms with van der Waals surface area (Å²) in [5.74, 6) is 0. The zero-order valence-corrected chi connectivity index (χ0v) is 12.6. The molecule has 0 spiro atoms. The van der Waals surface area contributed by atoms with Crippen LogP contribution in [0, 0.1) is 13.8 Å². The molecule has 1 aromatic rings. The van der Waals surface area contributed by atoms with E-state index in [1.165, 1.54) is 23.1 Å². The van der Waals surface area contributed by atoms with Crippen molar-refractivity contribution >= 4 is 0 Å². The first-order chi connectivity index (χ1) is 8.47. The number of benzene rings is 1. The molecule has 2 N–H and O–H groups in total. The summed E-state index contributed by atoms with van der Waals surface area (Å²) in [6.45, 7) is 12.2. The largest absolute Gasteiger partial charge is 0.320 e. The van der Waals surface area contributed by atoms with Crippen LogP contribution in [-0.2, 0) is 5.41 Å². The third-order valence-corrected chi connectivity index (χ3v) is 3.46. The molecule has 0 aliphatic heterocycles. The molecule has 0 radical (unpaired) electrons. The van der Waals surface area contributed by atoms with Crippen LogP contribution in [0.1, 0.15) is 37.0 Å². The molecule has 0 aliphatic carbocycles. The topological polar surface area (TPSA) is 24.1 Å². The Morgan fingerprint density at radius 1 is 1.11 bits per heavy atom. The summed E-state index contributed by atoms with van der Waals surface area (Å²) >= 11 is 0. The van der Waals surface area contributed by atoms with Crippen LogP contribution >= 0.6 is 0 Å². The molecular weight excluding hydrogens is 220 g/mol. The Bertz CT molecular complexity index is 369. The van der Waals surface area contributed by atoms with Gasteiger partial charge in [0.1, 0.15) is 0 Å². The predicted molar refractivity (Wildman–Crippen MR) is 80.4 cm³/mol. The maximum absolute atomic E-state index is 3.56. The normalized spacial score (nSPS) is 11.8. The lowest BCUT2D eigenvalue weighted by Gasteiger charge is -2.28. The second-order valence-electron chi connectivity index (χ2n) is 5.84. The molecule has 0 saturated heterocycles. The van der Waals surface area contributed by atoms with Gasteiger partial charge in [0.25, 0.3) is 0 Å². The maximum Gasteiger partial charge on any atom is 0.00432 e. The molecule has 0 saturated carbocycles. The van der Waals surface area contributed by atoms with E-state index >= 15 is 0 Å². The van der Waals surface area contributed by atoms with Gasteiger partial charge < -0.3 is 10.6 Å². The highest BCUT2D eigenvalue weighted by Crippen LogP contribution is 2.26. The van der Waals surface area contributed by atoms with E-state index in [1.807, 2.05) is 7.05 Å². The fraction of sp³-hybridized carbons (Fsp3) is 0.625. The van der Waals surface area contributed by atoms with Gasteiger partial charge in [0, 0.05) is 12.0 Å². The minimum Gasteiger partial charge on any atom is -0.320 e. The van der Waals surface area contributed by atoms with Crippen LogP contribution in [0.2, 0.25) is 0 Å². The Morgan fingerprint density at radius 3 is 2.44 bits per heavy atom. The summed E-state index contributed by atoms with van der Waals surface area (Å²) in [7, 11) is 2.00. The SMILES string of the molecule is CNCCCNCC(C)(C)c1ccc(C)cc1C. The lowest BCUT2D eigenvalue weighted by atomic mass is 9.81. The maximum atomic E-state index is 3.56. The van der Waals surface area contributed by atoms with Crippen LogP contribution in [0.5, 0.6) is 0 Å². The number of hydrogen-bond donors (Lipinski definition) is 2. The number of nitrogens with one attached hydrogen (secondary N) is 2. The molecule has 0 atom stereocenters. The lowest BCUT2D eigenvalue weighted by Crippen LogP contribution is -2.34. The number of aryl methyl sites for hydroxylation is 2. The Balaban J connectivity index is 2.56. The molecule has 0 fully saturated rings. The molecule has 0 amide bonds. The van der Waals surface area contributed by atoms with Crippen molar-refractivity contribution in [1.29, 1.82) is 0 Å². The minimum absolute atomic E-state index is 0.192. The van der Waals surface area contributed by atoms with Gasteiger partial charge in [-0.2, -0.15) is 0 Å². The predicted octanol–water partition coefficient (Wildman–Crippen LogP) is 2.78. The molecule has 1 aromatic carbocycles. The highest BCUT2D eigenvalue weighted by molar-refractivity contribution is 5.35. The lowest BCUT2D eigenvalue weighted by molar-refractivity contribution is 0.462. The third kappa shape index (κ3) is 4.43. The first-order valence-corrected chi connectivity index (χ1v) is 6.90. The molecule has 2 heteroatoms. The summed E-state index contributed by atoms with van der Waals surface area (Å²) in [5.41, 5.74) is 4.39. The van der Waals surface area contributed by atoms with Gasteiger partial charge in [-0.1, -0.05) is 37.6 Å². The number of hydrogen-bond acceptors (Lipinski definition) is 2. The molecule has 18 heavy (non-hydrogen) atoms. The summed E-state index contributed by atoms with van der Waals surface area (Å²) in [4.78, 5) is 0. The van der Waals surface area contributed by atoms with Crippen LogP contribution in [0.3, 0.4) is 0 Å². The second kappa shape index (κ2) is 6.91. The van der Waals surface area contributed by atoms with Crippen molar-refractivity contribution in [1.82, 2.24) is 10.6 Å². The fourth-order valence-electron chi connectivity index (χ4n) is 2.46. The summed E-state index contributed by atoms with van der Waals surface area (Å²) in [6, 6.07) is 6.77. The van der Waals surface area contributed by atoms with Gasteiger partial charge in [-0.05, 0) is 51.5 Å². The van der Waals surface area contributed by atoms with Crippen molar-refractivity contribution in [2.45, 2.75) is 39.5 Å². The molecule has 1 rings (SSSR count). The van der Waals surface area contributed by atoms with E-state index in [1.54, 1.807) is 0 Å². The van der Waals surface area contributed by atoms with Crippen LogP contribution in [-0.4, -0.2) is 26.7 Å². The van der Waals surface area contributed by atoms with Crippen LogP contribution in [0.4, 0.5) is 0 Å². The molecular formula is C16H28N2. The minimum atomic E-state index is 0.192. The Labute approximate surface area is 112 Å². The molecule has 0 bridgehead atoms. The van der Waals surface area contributed by atoms with E-state index in [0.29, 0.717) is 0 Å². The van der Waals surface area contributed by atoms with E-state index in [2.05, 4.69) is 56.5 Å². The van der Waals surface area contributed by atoms with E-state index in [4.69, 9.17) is 0 Å². The van der Waals surface area contributed by atoms with E-state index in [0.717, 1.165) is 19.6 Å². The molecule has 0 aromatic heterocycles. The van der Waals surface area contributed by atoms with Crippen LogP contribution < -0.4 is 10.6 Å². The van der Waals surface area contributed by atoms with Crippen molar-refractivity contribution in [3.63, 3.8) is 0 Å². The summed E-state index contributed by atoms with van der Waals surface area (Å²) < 4.78 is 0. The zero-order valence-electron chi connectivity index (χ0n) is 12.6. The van der Waals surface area contributed by atoms with Gasteiger partial charge in [-0.25, -0.2) is 0 Å². The molecule has 0 heterocycles. The van der Waals surface area contributed by atoms with Gasteiger partial charge in [-0.3, -0.25) is 0 Å². The summed E-state index contributed by atoms with van der Waals surface area (Å²) in [5, 5.41) is 6.73. The first-order valence-electron chi connectivity index (χ1n) is 6.90. The van der Waals surface area contributed by atoms with Crippen molar-refractivity contribution in [3.05, 3.63) is 34.9 Å². The monoisotopic (exact) mass is 248 g/mol. The highest BCUT2D eigenvalue weighted by Gasteiger charge is 2.21. The first kappa shape index (κ1) is 15.2. The quantitative estimate of drug-likeness (QED) is 0.725. The van der Waals surface area contributed by atoms with Gasteiger partial charge in [0.2, 0.25) is 0 Å². The smallest absolute Gasteiger partial charge is 0.00432 e. The summed E-state index contributed by atoms with van der Waals surface area (Å²) in [6.07, 6.45) is 1.18. The molecule has 102 valence electrons. The van der Waals surface area contributed by atoms with Crippen molar-refractivity contribution in [2.75, 3.05) is 26.7 Å². The zero-order chi connectivity index (χ0) is 13.6. The van der Waals surface area contributed by atoms with Crippen molar-refractivity contribution in [2.24, 2.45) is 0 Å². The van der Waals surface area contributed by atoms with E-state index in [-0.39, 0.29) is 5.41 Å². The Kier molecular flexibility index (Phi) is 5.83. The van der Waals surface area contributed by atoms with Crippen LogP contribution in [0.15, 0.2) is 18.2 Å². The van der Waals surface area contributed by atoms with Crippen molar-refractivity contribution in [3.8, 4) is 0 Å². The average molecular weight is 248 g/mol. The molecule has 2 nitrogen and oxygen atoms in total. The second-order valence-corrected chi connectivity index (χ2v) is 5.84.